The third kappa shape index (κ3) is 43.6. The molecule has 0 aliphatic carbocycles. The SMILES string of the molecule is CCCCC/C=C/C/C=C/C/C=C/C/C=C/CCCCCC(=O)OC[C@H](COP(=O)(O)OC[C@@H](O)CO)OC(=O)CCCCCCCCC/C=C/CCCCCCCC. The molecule has 10 nitrogen and oxygen atoms in total. The smallest absolute Gasteiger partial charge is 0.462 e. The number of esters is 2. The Bertz CT molecular complexity index is 1160. The van der Waals surface area contributed by atoms with Gasteiger partial charge in [0.15, 0.2) is 6.10 Å². The van der Waals surface area contributed by atoms with Gasteiger partial charge in [-0.3, -0.25) is 18.6 Å². The number of ether oxygens (including phenoxy) is 2. The Kier molecular flexibility index (Phi) is 42.0. The molecule has 11 heteroatoms. The van der Waals surface area contributed by atoms with Crippen LogP contribution < -0.4 is 0 Å². The largest absolute Gasteiger partial charge is 0.472 e. The number of carbonyl (C=O) groups is 2. The lowest BCUT2D eigenvalue weighted by molar-refractivity contribution is -0.161. The van der Waals surface area contributed by atoms with Crippen molar-refractivity contribution < 1.29 is 47.8 Å². The average Bonchev–Trinajstić information content (AvgIpc) is 3.22. The lowest BCUT2D eigenvalue weighted by atomic mass is 10.1. The van der Waals surface area contributed by atoms with Crippen molar-refractivity contribution in [1.82, 2.24) is 0 Å². The van der Waals surface area contributed by atoms with Crippen molar-refractivity contribution in [2.24, 2.45) is 0 Å². The van der Waals surface area contributed by atoms with Gasteiger partial charge in [-0.2, -0.15) is 0 Å². The van der Waals surface area contributed by atoms with Gasteiger partial charge in [0.1, 0.15) is 12.7 Å². The topological polar surface area (TPSA) is 149 Å². The Morgan fingerprint density at radius 2 is 0.881 bits per heavy atom. The summed E-state index contributed by atoms with van der Waals surface area (Å²) < 4.78 is 32.7. The Balaban J connectivity index is 4.33. The summed E-state index contributed by atoms with van der Waals surface area (Å²) in [4.78, 5) is 35.1. The third-order valence-corrected chi connectivity index (χ3v) is 10.6. The van der Waals surface area contributed by atoms with Crippen molar-refractivity contribution in [3.8, 4) is 0 Å². The molecule has 0 saturated carbocycles. The van der Waals surface area contributed by atoms with Gasteiger partial charge in [0.05, 0.1) is 19.8 Å². The fourth-order valence-corrected chi connectivity index (χ4v) is 6.82. The quantitative estimate of drug-likeness (QED) is 0.0234. The monoisotopic (exact) mass is 853 g/mol. The van der Waals surface area contributed by atoms with Crippen LogP contribution in [0.2, 0.25) is 0 Å². The minimum absolute atomic E-state index is 0.170. The molecule has 0 aromatic heterocycles. The summed E-state index contributed by atoms with van der Waals surface area (Å²) in [6, 6.07) is 0. The van der Waals surface area contributed by atoms with Gasteiger partial charge < -0.3 is 24.6 Å². The average molecular weight is 853 g/mol. The van der Waals surface area contributed by atoms with Crippen LogP contribution in [0.4, 0.5) is 0 Å². The molecule has 0 fully saturated rings. The van der Waals surface area contributed by atoms with E-state index in [0.29, 0.717) is 12.8 Å². The maximum atomic E-state index is 12.6. The van der Waals surface area contributed by atoms with E-state index in [9.17, 15) is 24.2 Å². The van der Waals surface area contributed by atoms with Gasteiger partial charge in [-0.1, -0.05) is 158 Å². The predicted octanol–water partition coefficient (Wildman–Crippen LogP) is 12.7. The van der Waals surface area contributed by atoms with Crippen molar-refractivity contribution >= 4 is 19.8 Å². The summed E-state index contributed by atoms with van der Waals surface area (Å²) in [7, 11) is -4.63. The molecule has 0 aromatic rings. The van der Waals surface area contributed by atoms with Crippen molar-refractivity contribution in [2.45, 2.75) is 206 Å². The highest BCUT2D eigenvalue weighted by Crippen LogP contribution is 2.43. The van der Waals surface area contributed by atoms with Crippen LogP contribution in [-0.2, 0) is 32.7 Å². The van der Waals surface area contributed by atoms with Crippen LogP contribution in [-0.4, -0.2) is 65.7 Å². The molecule has 0 bridgehead atoms. The van der Waals surface area contributed by atoms with Crippen LogP contribution in [0, 0.1) is 0 Å². The van der Waals surface area contributed by atoms with Crippen molar-refractivity contribution in [3.05, 3.63) is 60.8 Å². The molecule has 342 valence electrons. The van der Waals surface area contributed by atoms with E-state index in [2.05, 4.69) is 74.6 Å². The van der Waals surface area contributed by atoms with Crippen LogP contribution in [0.1, 0.15) is 194 Å². The summed E-state index contributed by atoms with van der Waals surface area (Å²) >= 11 is 0. The molecule has 0 heterocycles. The molecule has 59 heavy (non-hydrogen) atoms. The number of phosphoric acid groups is 1. The number of allylic oxidation sites excluding steroid dienone is 10. The predicted molar refractivity (Wildman–Crippen MR) is 242 cm³/mol. The maximum Gasteiger partial charge on any atom is 0.472 e. The second kappa shape index (κ2) is 43.7. The summed E-state index contributed by atoms with van der Waals surface area (Å²) in [5.41, 5.74) is 0. The first kappa shape index (κ1) is 56.7. The lowest BCUT2D eigenvalue weighted by Gasteiger charge is -2.20. The number of hydrogen-bond donors (Lipinski definition) is 3. The first-order chi connectivity index (χ1) is 28.7. The highest BCUT2D eigenvalue weighted by molar-refractivity contribution is 7.47. The number of hydrogen-bond acceptors (Lipinski definition) is 9. The van der Waals surface area contributed by atoms with Gasteiger partial charge in [0.2, 0.25) is 0 Å². The molecule has 0 aliphatic rings. The highest BCUT2D eigenvalue weighted by atomic mass is 31.2. The van der Waals surface area contributed by atoms with Crippen LogP contribution in [0.25, 0.3) is 0 Å². The van der Waals surface area contributed by atoms with Crippen molar-refractivity contribution in [2.75, 3.05) is 26.4 Å². The van der Waals surface area contributed by atoms with E-state index in [1.807, 2.05) is 0 Å². The number of unbranched alkanes of at least 4 members (excludes halogenated alkanes) is 19. The molecular formula is C48H85O10P. The number of phosphoric ester groups is 1. The van der Waals surface area contributed by atoms with Gasteiger partial charge >= 0.3 is 19.8 Å². The van der Waals surface area contributed by atoms with Crippen LogP contribution in [0.5, 0.6) is 0 Å². The zero-order chi connectivity index (χ0) is 43.3. The Morgan fingerprint density at radius 1 is 0.508 bits per heavy atom. The molecule has 0 saturated heterocycles. The minimum atomic E-state index is -4.63. The fourth-order valence-electron chi connectivity index (χ4n) is 6.03. The second-order valence-corrected chi connectivity index (χ2v) is 16.9. The van der Waals surface area contributed by atoms with E-state index in [1.54, 1.807) is 0 Å². The summed E-state index contributed by atoms with van der Waals surface area (Å²) in [5.74, 6) is -0.967. The van der Waals surface area contributed by atoms with E-state index in [0.717, 1.165) is 64.2 Å². The second-order valence-electron chi connectivity index (χ2n) is 15.4. The maximum absolute atomic E-state index is 12.6. The van der Waals surface area contributed by atoms with E-state index in [-0.39, 0.29) is 19.4 Å². The molecule has 0 radical (unpaired) electrons. The van der Waals surface area contributed by atoms with E-state index in [1.165, 1.54) is 89.9 Å². The summed E-state index contributed by atoms with van der Waals surface area (Å²) in [6.07, 6.45) is 48.9. The normalized spacial score (nSPS) is 14.3. The standard InChI is InChI=1S/C48H85O10P/c1-3-5-7-9-11-13-15-17-19-21-22-24-25-27-29-31-33-35-37-39-47(51)55-43-46(44-57-59(53,54)56-42-45(50)41-49)58-48(52)40-38-36-34-32-30-28-26-23-20-18-16-14-12-10-8-6-4-2/h11,13,17-20,22,24,27,29,45-46,49-50H,3-10,12,14-16,21,23,25-26,28,30-44H2,1-2H3,(H,53,54)/b13-11+,19-17+,20-18+,24-22+,29-27+/t45-,46+/m0/s1. The molecule has 0 aliphatic heterocycles. The molecule has 0 amide bonds. The van der Waals surface area contributed by atoms with E-state index >= 15 is 0 Å². The van der Waals surface area contributed by atoms with Gasteiger partial charge in [-0.25, -0.2) is 4.57 Å². The fraction of sp³-hybridized carbons (Fsp3) is 0.750. The van der Waals surface area contributed by atoms with Crippen LogP contribution in [0.15, 0.2) is 60.8 Å². The van der Waals surface area contributed by atoms with Gasteiger partial charge in [-0.05, 0) is 83.5 Å². The number of rotatable bonds is 43. The first-order valence-electron chi connectivity index (χ1n) is 23.2. The number of aliphatic hydroxyl groups is 2. The molecule has 3 atom stereocenters. The molecule has 0 rings (SSSR count). The zero-order valence-corrected chi connectivity index (χ0v) is 38.1. The molecule has 0 spiro atoms. The minimum Gasteiger partial charge on any atom is -0.462 e. The van der Waals surface area contributed by atoms with E-state index < -0.39 is 51.8 Å². The molecular weight excluding hydrogens is 767 g/mol. The van der Waals surface area contributed by atoms with Crippen molar-refractivity contribution in [1.29, 1.82) is 0 Å². The number of carbonyl (C=O) groups excluding carboxylic acids is 2. The summed E-state index contributed by atoms with van der Waals surface area (Å²) in [5, 5.41) is 18.4. The third-order valence-electron chi connectivity index (χ3n) is 9.64. The Hall–Kier alpha value is -2.33. The van der Waals surface area contributed by atoms with Crippen molar-refractivity contribution in [3.63, 3.8) is 0 Å². The number of aliphatic hydroxyl groups excluding tert-OH is 2. The Labute approximate surface area is 359 Å². The molecule has 0 aromatic carbocycles. The first-order valence-corrected chi connectivity index (χ1v) is 24.7. The molecule has 1 unspecified atom stereocenters. The molecule has 3 N–H and O–H groups in total. The van der Waals surface area contributed by atoms with Gasteiger partial charge in [0.25, 0.3) is 0 Å². The van der Waals surface area contributed by atoms with Gasteiger partial charge in [-0.15, -0.1) is 0 Å². The summed E-state index contributed by atoms with van der Waals surface area (Å²) in [6.45, 7) is 2.31. The van der Waals surface area contributed by atoms with Gasteiger partial charge in [0, 0.05) is 12.8 Å². The zero-order valence-electron chi connectivity index (χ0n) is 37.2. The van der Waals surface area contributed by atoms with Crippen LogP contribution >= 0.6 is 7.82 Å². The highest BCUT2D eigenvalue weighted by Gasteiger charge is 2.27. The van der Waals surface area contributed by atoms with E-state index in [4.69, 9.17) is 23.6 Å². The Morgan fingerprint density at radius 3 is 1.39 bits per heavy atom. The van der Waals surface area contributed by atoms with Crippen LogP contribution in [0.3, 0.4) is 0 Å². The lowest BCUT2D eigenvalue weighted by Crippen LogP contribution is -2.29.